The average Bonchev–Trinajstić information content (AvgIpc) is 3.03. The Kier molecular flexibility index (Phi) is 5.40. The molecule has 0 N–H and O–H groups in total. The second-order valence-electron chi connectivity index (χ2n) is 6.24. The number of methoxy groups -OCH3 is 1. The standard InChI is InChI=1S/C17H21NO6S2/c1-23-15-6-4-14(5-7-15)8-10-26(21,22)18-11-17(12-18)25(19,20)13-16-3-2-9-24-16/h2-7,9,17H,8,10-13H2,1H3. The van der Waals surface area contributed by atoms with Gasteiger partial charge in [-0.3, -0.25) is 0 Å². The first-order chi connectivity index (χ1) is 12.3. The van der Waals surface area contributed by atoms with Crippen LogP contribution in [0.3, 0.4) is 0 Å². The average molecular weight is 399 g/mol. The largest absolute Gasteiger partial charge is 0.497 e. The molecule has 2 aromatic rings. The van der Waals surface area contributed by atoms with Gasteiger partial charge in [-0.15, -0.1) is 0 Å². The van der Waals surface area contributed by atoms with E-state index in [9.17, 15) is 16.8 Å². The van der Waals surface area contributed by atoms with Gasteiger partial charge in [-0.25, -0.2) is 16.8 Å². The number of furan rings is 1. The molecule has 3 rings (SSSR count). The number of sulfone groups is 1. The maximum Gasteiger partial charge on any atom is 0.214 e. The minimum atomic E-state index is -3.48. The number of ether oxygens (including phenoxy) is 1. The topological polar surface area (TPSA) is 93.9 Å². The predicted octanol–water partition coefficient (Wildman–Crippen LogP) is 1.46. The van der Waals surface area contributed by atoms with Crippen LogP contribution in [-0.4, -0.2) is 52.3 Å². The van der Waals surface area contributed by atoms with Gasteiger partial charge >= 0.3 is 0 Å². The highest BCUT2D eigenvalue weighted by Crippen LogP contribution is 2.24. The van der Waals surface area contributed by atoms with Crippen molar-refractivity contribution in [2.45, 2.75) is 17.4 Å². The number of benzene rings is 1. The van der Waals surface area contributed by atoms with Crippen molar-refractivity contribution in [1.82, 2.24) is 4.31 Å². The van der Waals surface area contributed by atoms with Crippen molar-refractivity contribution >= 4 is 19.9 Å². The van der Waals surface area contributed by atoms with E-state index in [1.807, 2.05) is 12.1 Å². The summed E-state index contributed by atoms with van der Waals surface area (Å²) in [6.45, 7) is 0.0158. The number of nitrogens with zero attached hydrogens (tertiary/aromatic N) is 1. The Morgan fingerprint density at radius 3 is 2.38 bits per heavy atom. The van der Waals surface area contributed by atoms with Crippen molar-refractivity contribution in [3.05, 3.63) is 54.0 Å². The Bertz CT molecular complexity index is 928. The quantitative estimate of drug-likeness (QED) is 0.667. The summed E-state index contributed by atoms with van der Waals surface area (Å²) in [7, 11) is -5.34. The Morgan fingerprint density at radius 2 is 1.81 bits per heavy atom. The molecule has 142 valence electrons. The lowest BCUT2D eigenvalue weighted by Crippen LogP contribution is -2.57. The van der Waals surface area contributed by atoms with Crippen LogP contribution in [-0.2, 0) is 32.0 Å². The van der Waals surface area contributed by atoms with Gasteiger partial charge in [-0.05, 0) is 36.2 Å². The highest BCUT2D eigenvalue weighted by Gasteiger charge is 2.42. The lowest BCUT2D eigenvalue weighted by Gasteiger charge is -2.37. The Balaban J connectivity index is 1.53. The van der Waals surface area contributed by atoms with Gasteiger partial charge in [0, 0.05) is 13.1 Å². The van der Waals surface area contributed by atoms with Gasteiger partial charge in [0.1, 0.15) is 17.3 Å². The summed E-state index contributed by atoms with van der Waals surface area (Å²) in [5.74, 6) is 0.823. The normalized spacial score (nSPS) is 16.3. The van der Waals surface area contributed by atoms with Gasteiger partial charge in [0.25, 0.3) is 0 Å². The van der Waals surface area contributed by atoms with E-state index in [1.54, 1.807) is 31.4 Å². The number of hydrogen-bond donors (Lipinski definition) is 0. The highest BCUT2D eigenvalue weighted by molar-refractivity contribution is 7.92. The molecule has 0 unspecified atom stereocenters. The maximum atomic E-state index is 12.4. The molecule has 0 radical (unpaired) electrons. The monoisotopic (exact) mass is 399 g/mol. The van der Waals surface area contributed by atoms with Crippen LogP contribution < -0.4 is 4.74 Å². The molecule has 0 saturated carbocycles. The van der Waals surface area contributed by atoms with Crippen LogP contribution in [0.15, 0.2) is 47.1 Å². The van der Waals surface area contributed by atoms with E-state index in [4.69, 9.17) is 9.15 Å². The molecule has 1 saturated heterocycles. The molecular formula is C17H21NO6S2. The van der Waals surface area contributed by atoms with E-state index in [2.05, 4.69) is 0 Å². The van der Waals surface area contributed by atoms with Crippen molar-refractivity contribution in [3.8, 4) is 5.75 Å². The van der Waals surface area contributed by atoms with Crippen molar-refractivity contribution in [3.63, 3.8) is 0 Å². The third-order valence-corrected chi connectivity index (χ3v) is 8.25. The molecule has 0 atom stereocenters. The fourth-order valence-corrected chi connectivity index (χ4v) is 6.10. The SMILES string of the molecule is COc1ccc(CCS(=O)(=O)N2CC(S(=O)(=O)Cc3ccco3)C2)cc1. The van der Waals surface area contributed by atoms with Gasteiger partial charge in [0.15, 0.2) is 9.84 Å². The van der Waals surface area contributed by atoms with Gasteiger partial charge in [0.05, 0.1) is 24.4 Å². The molecule has 1 aromatic carbocycles. The summed E-state index contributed by atoms with van der Waals surface area (Å²) in [6.07, 6.45) is 1.79. The van der Waals surface area contributed by atoms with Crippen LogP contribution in [0.5, 0.6) is 5.75 Å². The van der Waals surface area contributed by atoms with Crippen LogP contribution in [0.1, 0.15) is 11.3 Å². The minimum Gasteiger partial charge on any atom is -0.497 e. The molecule has 0 aliphatic carbocycles. The Morgan fingerprint density at radius 1 is 1.12 bits per heavy atom. The van der Waals surface area contributed by atoms with Crippen LogP contribution >= 0.6 is 0 Å². The fourth-order valence-electron chi connectivity index (χ4n) is 2.73. The lowest BCUT2D eigenvalue weighted by atomic mass is 10.2. The molecule has 1 aliphatic heterocycles. The Labute approximate surface area is 153 Å². The van der Waals surface area contributed by atoms with E-state index in [-0.39, 0.29) is 24.6 Å². The molecule has 1 aromatic heterocycles. The first-order valence-corrected chi connectivity index (χ1v) is 11.5. The molecule has 1 fully saturated rings. The third kappa shape index (κ3) is 4.28. The molecule has 0 amide bonds. The number of rotatable bonds is 8. The van der Waals surface area contributed by atoms with Crippen LogP contribution in [0.25, 0.3) is 0 Å². The highest BCUT2D eigenvalue weighted by atomic mass is 32.2. The summed E-state index contributed by atoms with van der Waals surface area (Å²) in [6, 6.07) is 10.4. The lowest BCUT2D eigenvalue weighted by molar-refractivity contribution is 0.309. The number of hydrogen-bond acceptors (Lipinski definition) is 6. The second kappa shape index (κ2) is 7.42. The maximum absolute atomic E-state index is 12.4. The fraction of sp³-hybridized carbons (Fsp3) is 0.412. The van der Waals surface area contributed by atoms with Crippen LogP contribution in [0, 0.1) is 0 Å². The number of aryl methyl sites for hydroxylation is 1. The van der Waals surface area contributed by atoms with Gasteiger partial charge < -0.3 is 9.15 Å². The smallest absolute Gasteiger partial charge is 0.214 e. The molecule has 26 heavy (non-hydrogen) atoms. The predicted molar refractivity (Wildman–Crippen MR) is 97.2 cm³/mol. The summed E-state index contributed by atoms with van der Waals surface area (Å²) >= 11 is 0. The van der Waals surface area contributed by atoms with Crippen molar-refractivity contribution in [2.24, 2.45) is 0 Å². The second-order valence-corrected chi connectivity index (χ2v) is 10.6. The summed E-state index contributed by atoms with van der Waals surface area (Å²) in [5.41, 5.74) is 0.886. The van der Waals surface area contributed by atoms with E-state index < -0.39 is 25.1 Å². The Hall–Kier alpha value is -1.84. The molecule has 2 heterocycles. The zero-order valence-electron chi connectivity index (χ0n) is 14.4. The molecule has 1 aliphatic rings. The third-order valence-electron chi connectivity index (χ3n) is 4.45. The zero-order valence-corrected chi connectivity index (χ0v) is 16.0. The summed E-state index contributed by atoms with van der Waals surface area (Å²) in [5, 5.41) is -0.677. The van der Waals surface area contributed by atoms with Gasteiger partial charge in [0.2, 0.25) is 10.0 Å². The molecule has 7 nitrogen and oxygen atoms in total. The minimum absolute atomic E-state index is 0.00792. The van der Waals surface area contributed by atoms with E-state index >= 15 is 0 Å². The molecule has 0 spiro atoms. The molecular weight excluding hydrogens is 378 g/mol. The van der Waals surface area contributed by atoms with Gasteiger partial charge in [-0.2, -0.15) is 4.31 Å². The van der Waals surface area contributed by atoms with Crippen molar-refractivity contribution in [1.29, 1.82) is 0 Å². The van der Waals surface area contributed by atoms with Gasteiger partial charge in [-0.1, -0.05) is 12.1 Å². The summed E-state index contributed by atoms with van der Waals surface area (Å²) in [4.78, 5) is 0. The van der Waals surface area contributed by atoms with E-state index in [1.165, 1.54) is 10.6 Å². The first kappa shape index (κ1) is 18.9. The van der Waals surface area contributed by atoms with Crippen LogP contribution in [0.2, 0.25) is 0 Å². The van der Waals surface area contributed by atoms with Crippen molar-refractivity contribution < 1.29 is 26.0 Å². The number of sulfonamides is 1. The molecule has 0 bridgehead atoms. The summed E-state index contributed by atoms with van der Waals surface area (Å²) < 4.78 is 60.7. The zero-order chi connectivity index (χ0) is 18.8. The molecule has 9 heteroatoms. The van der Waals surface area contributed by atoms with E-state index in [0.717, 1.165) is 5.56 Å². The van der Waals surface area contributed by atoms with Crippen LogP contribution in [0.4, 0.5) is 0 Å². The van der Waals surface area contributed by atoms with Crippen molar-refractivity contribution in [2.75, 3.05) is 26.0 Å². The first-order valence-electron chi connectivity index (χ1n) is 8.15. The van der Waals surface area contributed by atoms with E-state index in [0.29, 0.717) is 17.9 Å².